The van der Waals surface area contributed by atoms with Gasteiger partial charge in [0.2, 0.25) is 11.2 Å². The topological polar surface area (TPSA) is 330 Å². The van der Waals surface area contributed by atoms with E-state index in [2.05, 4.69) is 57.7 Å². The van der Waals surface area contributed by atoms with Crippen LogP contribution >= 0.6 is 0 Å². The first-order valence-electron chi connectivity index (χ1n) is 24.8. The van der Waals surface area contributed by atoms with Crippen LogP contribution in [0.2, 0.25) is 0 Å². The summed E-state index contributed by atoms with van der Waals surface area (Å²) in [7, 11) is 0. The summed E-state index contributed by atoms with van der Waals surface area (Å²) in [6, 6.07) is 6.89. The molecule has 411 valence electrons. The van der Waals surface area contributed by atoms with Crippen LogP contribution in [0.25, 0.3) is 83.2 Å². The Labute approximate surface area is 640 Å². The number of nitrogens with one attached hydrogen (secondary N) is 3. The van der Waals surface area contributed by atoms with Crippen molar-refractivity contribution in [3.8, 4) is 28.7 Å². The number of fused-ring (bicyclic) bond motifs is 12. The number of phenolic OH excluding ortho intramolecular Hbond substituents is 3. The number of ether oxygens (including phenoxy) is 2. The zero-order valence-corrected chi connectivity index (χ0v) is 69.3. The monoisotopic (exact) mass is 2170 g/mol. The molecule has 6 heterocycles. The van der Waals surface area contributed by atoms with E-state index >= 15 is 0 Å². The summed E-state index contributed by atoms with van der Waals surface area (Å²) in [6.45, 7) is 19.3. The van der Waals surface area contributed by atoms with Crippen LogP contribution in [-0.2, 0) is 0 Å². The molecule has 12 rings (SSSR count). The standard InChI is InChI=1S/C28H30N4O7.C26H26N4O7.5Ac/c1-12(2)11-31-5-7-32(8-6-31)14-9-15(33)21-16(10-14)38-26-20(29)24(35)18-17(22(26)30-21)19-25(13(3)23(18)34)39-28(4,37)27(19)36;1-9-7-30(8-10(2)28-9)12-5-13(31)19-14(6-12)36-24-18(27)22(33)16-15(20(24)29-19)17-23(11(3)21(16)32)37-26(4,35)25(17)34;;;;;/h9-10,12,37H,5-8,11H2,1-4H3,(H4,29,30,33,34,35,36);5-6,9-10,28,35H,7-8H2,1-4H3,(H4,27,29,31,32,33,34);;;;;/p-2. The minimum Gasteiger partial charge on any atom is -0.693 e. The van der Waals surface area contributed by atoms with Crippen molar-refractivity contribution < 1.29 is 274 Å². The normalized spacial score (nSPS) is 20.4. The molecular formula is C54H54Ac5N8O14-2. The summed E-state index contributed by atoms with van der Waals surface area (Å²) in [5.74, 6) is -6.89. The van der Waals surface area contributed by atoms with Gasteiger partial charge in [-0.2, -0.15) is 0 Å². The molecule has 2 saturated heterocycles. The van der Waals surface area contributed by atoms with Crippen molar-refractivity contribution in [2.24, 2.45) is 5.92 Å². The first kappa shape index (κ1) is 69.1. The van der Waals surface area contributed by atoms with Crippen LogP contribution in [0, 0.1) is 240 Å². The van der Waals surface area contributed by atoms with E-state index in [1.54, 1.807) is 18.2 Å². The van der Waals surface area contributed by atoms with Gasteiger partial charge in [0.25, 0.3) is 11.6 Å². The van der Waals surface area contributed by atoms with Crippen LogP contribution in [0.1, 0.15) is 63.0 Å². The molecule has 27 heteroatoms. The third-order valence-electron chi connectivity index (χ3n) is 14.7. The molecule has 4 aliphatic heterocycles. The number of Topliss-reactive ketones (excluding diaryl/α,β-unsaturated/α-hetero) is 1. The summed E-state index contributed by atoms with van der Waals surface area (Å²) < 4.78 is 22.9. The number of anilines is 2. The first-order valence-corrected chi connectivity index (χ1v) is 24.8. The van der Waals surface area contributed by atoms with E-state index in [1.807, 2.05) is 0 Å². The predicted octanol–water partition coefficient (Wildman–Crippen LogP) is 6.18. The number of carbonyl (C=O) groups excluding carboxylic acids is 1. The van der Waals surface area contributed by atoms with Crippen molar-refractivity contribution in [1.29, 1.82) is 0 Å². The van der Waals surface area contributed by atoms with Gasteiger partial charge in [-0.3, -0.25) is 24.1 Å². The van der Waals surface area contributed by atoms with Gasteiger partial charge in [0.1, 0.15) is 56.5 Å². The van der Waals surface area contributed by atoms with Crippen molar-refractivity contribution in [2.45, 2.75) is 79.0 Å². The Morgan fingerprint density at radius 3 is 1.69 bits per heavy atom. The van der Waals surface area contributed by atoms with Crippen molar-refractivity contribution in [3.63, 3.8) is 0 Å². The molecule has 0 bridgehead atoms. The molecule has 4 atom stereocenters. The number of aliphatic hydroxyl groups excluding tert-OH is 1. The molecule has 9 N–H and O–H groups in total. The van der Waals surface area contributed by atoms with Gasteiger partial charge in [0, 0.05) is 350 Å². The number of aromatic nitrogens is 2. The molecule has 0 saturated carbocycles. The minimum absolute atomic E-state index is 0. The number of aromatic hydroxyl groups is 3. The molecule has 5 radical (unpaired) electrons. The number of benzene rings is 6. The number of piperazine rings is 2. The number of phenols is 3. The fraction of sp³-hybridized carbons (Fsp3) is 0.370. The number of hydrogen-bond acceptors (Lipinski definition) is 20. The maximum absolute atomic E-state index is 13.3. The second-order valence-corrected chi connectivity index (χ2v) is 21.1. The van der Waals surface area contributed by atoms with Gasteiger partial charge in [0.15, 0.2) is 33.3 Å². The van der Waals surface area contributed by atoms with E-state index in [-0.39, 0.29) is 337 Å². The number of ketones is 1. The molecule has 22 nitrogen and oxygen atoms in total. The van der Waals surface area contributed by atoms with Gasteiger partial charge in [-0.15, -0.1) is 0 Å². The maximum Gasteiger partial charge on any atom is 0.270 e. The van der Waals surface area contributed by atoms with E-state index in [9.17, 15) is 49.8 Å². The van der Waals surface area contributed by atoms with Crippen molar-refractivity contribution in [1.82, 2.24) is 20.2 Å². The van der Waals surface area contributed by atoms with E-state index in [0.717, 1.165) is 39.6 Å². The largest absolute Gasteiger partial charge is 0.693 e. The van der Waals surface area contributed by atoms with Crippen LogP contribution < -0.4 is 46.1 Å². The Morgan fingerprint density at radius 1 is 0.654 bits per heavy atom. The molecule has 0 spiro atoms. The van der Waals surface area contributed by atoms with Gasteiger partial charge in [-0.25, -0.2) is 9.97 Å². The van der Waals surface area contributed by atoms with E-state index in [1.165, 1.54) is 26.8 Å². The Morgan fingerprint density at radius 2 is 1.14 bits per heavy atom. The zero-order valence-electron chi connectivity index (χ0n) is 45.6. The quantitative estimate of drug-likeness (QED) is 0.0587. The van der Waals surface area contributed by atoms with Crippen molar-refractivity contribution in [3.05, 3.63) is 88.3 Å². The predicted molar refractivity (Wildman–Crippen MR) is 285 cm³/mol. The summed E-state index contributed by atoms with van der Waals surface area (Å²) >= 11 is 0. The van der Waals surface area contributed by atoms with E-state index < -0.39 is 62.3 Å². The molecule has 4 unspecified atom stereocenters. The molecule has 2 fully saturated rings. The second kappa shape index (κ2) is 25.6. The second-order valence-electron chi connectivity index (χ2n) is 21.1. The van der Waals surface area contributed by atoms with E-state index in [0.29, 0.717) is 30.4 Å². The number of hydrogen-bond donors (Lipinski definition) is 7. The molecule has 2 aromatic heterocycles. The van der Waals surface area contributed by atoms with Crippen LogP contribution in [0.4, 0.5) is 22.7 Å². The fourth-order valence-electron chi connectivity index (χ4n) is 11.2. The smallest absolute Gasteiger partial charge is 0.270 e. The Balaban J connectivity index is 0.000000246. The van der Waals surface area contributed by atoms with Gasteiger partial charge in [-0.05, 0) is 33.6 Å². The third-order valence-corrected chi connectivity index (χ3v) is 14.7. The number of aliphatic hydroxyl groups is 3. The van der Waals surface area contributed by atoms with Gasteiger partial charge >= 0.3 is 0 Å². The Bertz CT molecular complexity index is 4160. The zero-order chi connectivity index (χ0) is 54.5. The third kappa shape index (κ3) is 11.8. The van der Waals surface area contributed by atoms with E-state index in [4.69, 9.17) is 29.8 Å². The van der Waals surface area contributed by atoms with Gasteiger partial charge < -0.3 is 75.5 Å². The van der Waals surface area contributed by atoms with Crippen molar-refractivity contribution in [2.75, 3.05) is 55.6 Å². The molecule has 4 aliphatic rings. The number of carbonyl (C=O) groups is 1. The van der Waals surface area contributed by atoms with Crippen LogP contribution in [0.15, 0.2) is 47.5 Å². The Hall–Kier alpha value is -0.972. The van der Waals surface area contributed by atoms with Gasteiger partial charge in [-0.1, -0.05) is 25.2 Å². The SMILES string of the molecule is Cc1c2c(c3c(c(O)c([NH-])c4oc5cc(N6CC(C)NC(C)C6)cc(O)c5nc43)c1=O)C(=O)C(C)(O)O2.Cc1c2c(c3c(c(O)c([NH-])c4oc5cc(N6CCN(CC(C)C)CC6)cc(=O)c5nc43)c1=O)=C(O)C(C)(O)O2.[Ac].[Ac].[Ac].[Ac].[Ac]. The van der Waals surface area contributed by atoms with Crippen LogP contribution in [0.5, 0.6) is 28.7 Å². The molecule has 6 aromatic carbocycles. The maximum atomic E-state index is 13.3. The average Bonchev–Trinajstić information content (AvgIpc) is 4.03. The Kier molecular flexibility index (Phi) is 21.9. The molecular weight excluding hydrogens is 2120 g/mol. The minimum atomic E-state index is -2.22. The summed E-state index contributed by atoms with van der Waals surface area (Å²) in [5.41, 5.74) is 15.5. The fourth-order valence-corrected chi connectivity index (χ4v) is 11.2. The van der Waals surface area contributed by atoms with Crippen LogP contribution in [-0.4, -0.2) is 121 Å². The molecule has 81 heavy (non-hydrogen) atoms. The summed E-state index contributed by atoms with van der Waals surface area (Å²) in [6.07, 6.45) is 0. The molecule has 0 aliphatic carbocycles. The number of rotatable bonds is 4. The number of nitrogens with zero attached hydrogens (tertiary/aromatic N) is 5. The molecule has 8 aromatic rings. The average molecular weight is 2170 g/mol. The van der Waals surface area contributed by atoms with Gasteiger partial charge in [0.05, 0.1) is 21.6 Å². The van der Waals surface area contributed by atoms with Crippen molar-refractivity contribution >= 4 is 100 Å². The molecule has 0 amide bonds. The summed E-state index contributed by atoms with van der Waals surface area (Å²) in [5, 5.41) is 67.4. The summed E-state index contributed by atoms with van der Waals surface area (Å²) in [4.78, 5) is 68.4. The van der Waals surface area contributed by atoms with Crippen LogP contribution in [0.3, 0.4) is 0 Å². The first-order chi connectivity index (χ1) is 35.8.